The van der Waals surface area contributed by atoms with Crippen LogP contribution in [-0.4, -0.2) is 5.75 Å². The van der Waals surface area contributed by atoms with Gasteiger partial charge in [0.2, 0.25) is 0 Å². The van der Waals surface area contributed by atoms with Gasteiger partial charge in [-0.1, -0.05) is 22.0 Å². The highest BCUT2D eigenvalue weighted by Gasteiger charge is 2.10. The van der Waals surface area contributed by atoms with Crippen LogP contribution in [0.25, 0.3) is 0 Å². The van der Waals surface area contributed by atoms with Crippen molar-refractivity contribution in [2.24, 2.45) is 5.84 Å². The van der Waals surface area contributed by atoms with E-state index >= 15 is 0 Å². The lowest BCUT2D eigenvalue weighted by Crippen LogP contribution is -2.28. The third-order valence-corrected chi connectivity index (χ3v) is 4.94. The summed E-state index contributed by atoms with van der Waals surface area (Å²) in [6.45, 7) is 0. The SMILES string of the molecule is NNC(CSc1ccc(Br)cc1)c1cccs1. The molecule has 2 aromatic rings. The van der Waals surface area contributed by atoms with Crippen LogP contribution in [0.5, 0.6) is 0 Å². The summed E-state index contributed by atoms with van der Waals surface area (Å²) in [6.07, 6.45) is 0. The molecule has 5 heteroatoms. The molecule has 0 fully saturated rings. The molecule has 1 aromatic carbocycles. The van der Waals surface area contributed by atoms with E-state index in [9.17, 15) is 0 Å². The molecule has 2 nitrogen and oxygen atoms in total. The van der Waals surface area contributed by atoms with E-state index in [2.05, 4.69) is 63.1 Å². The lowest BCUT2D eigenvalue weighted by molar-refractivity contribution is 0.620. The molecule has 0 saturated heterocycles. The van der Waals surface area contributed by atoms with E-state index in [-0.39, 0.29) is 6.04 Å². The number of nitrogens with one attached hydrogen (secondary N) is 1. The van der Waals surface area contributed by atoms with Crippen LogP contribution in [0.15, 0.2) is 51.1 Å². The number of nitrogens with two attached hydrogens (primary N) is 1. The second kappa shape index (κ2) is 6.56. The maximum absolute atomic E-state index is 5.59. The molecule has 1 atom stereocenters. The van der Waals surface area contributed by atoms with Crippen LogP contribution < -0.4 is 11.3 Å². The van der Waals surface area contributed by atoms with Gasteiger partial charge in [-0.25, -0.2) is 0 Å². The number of thiophene rings is 1. The molecule has 0 saturated carbocycles. The Hall–Kier alpha value is -0.330. The highest BCUT2D eigenvalue weighted by molar-refractivity contribution is 9.10. The number of thioether (sulfide) groups is 1. The van der Waals surface area contributed by atoms with Gasteiger partial charge in [0.15, 0.2) is 0 Å². The van der Waals surface area contributed by atoms with Gasteiger partial charge < -0.3 is 0 Å². The number of rotatable bonds is 5. The van der Waals surface area contributed by atoms with Gasteiger partial charge in [-0.05, 0) is 35.7 Å². The van der Waals surface area contributed by atoms with Gasteiger partial charge in [-0.3, -0.25) is 11.3 Å². The molecule has 0 aliphatic heterocycles. The van der Waals surface area contributed by atoms with Crippen LogP contribution in [-0.2, 0) is 0 Å². The lowest BCUT2D eigenvalue weighted by atomic mass is 10.3. The molecular formula is C12H13BrN2S2. The third kappa shape index (κ3) is 3.82. The third-order valence-electron chi connectivity index (χ3n) is 2.32. The van der Waals surface area contributed by atoms with Gasteiger partial charge in [0.1, 0.15) is 0 Å². The number of benzene rings is 1. The number of halogens is 1. The summed E-state index contributed by atoms with van der Waals surface area (Å²) >= 11 is 6.96. The Morgan fingerprint density at radius 3 is 2.65 bits per heavy atom. The quantitative estimate of drug-likeness (QED) is 0.498. The molecule has 17 heavy (non-hydrogen) atoms. The summed E-state index contributed by atoms with van der Waals surface area (Å²) in [7, 11) is 0. The monoisotopic (exact) mass is 328 g/mol. The van der Waals surface area contributed by atoms with E-state index in [0.717, 1.165) is 10.2 Å². The average Bonchev–Trinajstić information content (AvgIpc) is 2.86. The van der Waals surface area contributed by atoms with Gasteiger partial charge in [0, 0.05) is 20.0 Å². The molecule has 1 unspecified atom stereocenters. The summed E-state index contributed by atoms with van der Waals surface area (Å²) in [5, 5.41) is 2.07. The summed E-state index contributed by atoms with van der Waals surface area (Å²) < 4.78 is 1.11. The van der Waals surface area contributed by atoms with Gasteiger partial charge >= 0.3 is 0 Å². The zero-order valence-corrected chi connectivity index (χ0v) is 12.3. The fourth-order valence-electron chi connectivity index (χ4n) is 1.41. The van der Waals surface area contributed by atoms with Crippen LogP contribution >= 0.6 is 39.0 Å². The molecule has 90 valence electrons. The number of hydrazine groups is 1. The first-order valence-electron chi connectivity index (χ1n) is 5.17. The predicted molar refractivity (Wildman–Crippen MR) is 79.2 cm³/mol. The van der Waals surface area contributed by atoms with Crippen LogP contribution in [0.1, 0.15) is 10.9 Å². The Morgan fingerprint density at radius 2 is 2.06 bits per heavy atom. The molecule has 0 spiro atoms. The minimum absolute atomic E-state index is 0.212. The second-order valence-corrected chi connectivity index (χ2v) is 6.49. The van der Waals surface area contributed by atoms with E-state index in [1.54, 1.807) is 23.1 Å². The van der Waals surface area contributed by atoms with Crippen molar-refractivity contribution in [1.29, 1.82) is 0 Å². The lowest BCUT2D eigenvalue weighted by Gasteiger charge is -2.13. The van der Waals surface area contributed by atoms with Crippen molar-refractivity contribution >= 4 is 39.0 Å². The number of hydrogen-bond donors (Lipinski definition) is 2. The highest BCUT2D eigenvalue weighted by Crippen LogP contribution is 2.27. The molecule has 0 bridgehead atoms. The molecule has 0 aliphatic carbocycles. The van der Waals surface area contributed by atoms with E-state index < -0.39 is 0 Å². The Labute approximate surface area is 118 Å². The standard InChI is InChI=1S/C12H13BrN2S2/c13-9-3-5-10(6-4-9)17-8-11(15-14)12-2-1-7-16-12/h1-7,11,15H,8,14H2. The molecule has 0 aliphatic rings. The van der Waals surface area contributed by atoms with Crippen LogP contribution in [0.4, 0.5) is 0 Å². The minimum atomic E-state index is 0.212. The fraction of sp³-hybridized carbons (Fsp3) is 0.167. The predicted octanol–water partition coefficient (Wildman–Crippen LogP) is 3.81. The molecule has 2 rings (SSSR count). The summed E-state index contributed by atoms with van der Waals surface area (Å²) in [5.74, 6) is 6.52. The first kappa shape index (κ1) is 13.1. The maximum atomic E-state index is 5.59. The Balaban J connectivity index is 1.94. The van der Waals surface area contributed by atoms with Crippen molar-refractivity contribution in [3.8, 4) is 0 Å². The van der Waals surface area contributed by atoms with Crippen molar-refractivity contribution in [2.45, 2.75) is 10.9 Å². The molecule has 0 amide bonds. The zero-order chi connectivity index (χ0) is 12.1. The van der Waals surface area contributed by atoms with Crippen molar-refractivity contribution in [3.63, 3.8) is 0 Å². The molecule has 1 aromatic heterocycles. The van der Waals surface area contributed by atoms with Gasteiger partial charge in [0.25, 0.3) is 0 Å². The fourth-order valence-corrected chi connectivity index (χ4v) is 3.53. The number of hydrogen-bond acceptors (Lipinski definition) is 4. The maximum Gasteiger partial charge on any atom is 0.0647 e. The summed E-state index contributed by atoms with van der Waals surface area (Å²) in [5.41, 5.74) is 2.87. The average molecular weight is 329 g/mol. The Bertz CT molecular complexity index is 442. The van der Waals surface area contributed by atoms with Gasteiger partial charge in [0.05, 0.1) is 6.04 Å². The first-order chi connectivity index (χ1) is 8.29. The van der Waals surface area contributed by atoms with E-state index in [1.807, 2.05) is 0 Å². The van der Waals surface area contributed by atoms with E-state index in [0.29, 0.717) is 0 Å². The smallest absolute Gasteiger partial charge is 0.0647 e. The Kier molecular flexibility index (Phi) is 5.06. The van der Waals surface area contributed by atoms with Crippen molar-refractivity contribution in [3.05, 3.63) is 51.1 Å². The van der Waals surface area contributed by atoms with E-state index in [1.165, 1.54) is 9.77 Å². The van der Waals surface area contributed by atoms with Crippen molar-refractivity contribution in [1.82, 2.24) is 5.43 Å². The topological polar surface area (TPSA) is 38.0 Å². The Morgan fingerprint density at radius 1 is 1.29 bits per heavy atom. The molecular weight excluding hydrogens is 316 g/mol. The first-order valence-corrected chi connectivity index (χ1v) is 7.83. The van der Waals surface area contributed by atoms with Crippen LogP contribution in [0.2, 0.25) is 0 Å². The van der Waals surface area contributed by atoms with Gasteiger partial charge in [-0.15, -0.1) is 23.1 Å². The normalized spacial score (nSPS) is 12.6. The largest absolute Gasteiger partial charge is 0.271 e. The zero-order valence-electron chi connectivity index (χ0n) is 9.10. The summed E-state index contributed by atoms with van der Waals surface area (Å²) in [4.78, 5) is 2.53. The highest BCUT2D eigenvalue weighted by atomic mass is 79.9. The van der Waals surface area contributed by atoms with Crippen LogP contribution in [0, 0.1) is 0 Å². The molecule has 0 radical (unpaired) electrons. The minimum Gasteiger partial charge on any atom is -0.271 e. The van der Waals surface area contributed by atoms with Crippen molar-refractivity contribution in [2.75, 3.05) is 5.75 Å². The molecule has 1 heterocycles. The molecule has 3 N–H and O–H groups in total. The summed E-state index contributed by atoms with van der Waals surface area (Å²) in [6, 6.07) is 12.7. The second-order valence-electron chi connectivity index (χ2n) is 3.50. The van der Waals surface area contributed by atoms with Crippen molar-refractivity contribution < 1.29 is 0 Å². The van der Waals surface area contributed by atoms with E-state index in [4.69, 9.17) is 5.84 Å². The van der Waals surface area contributed by atoms with Gasteiger partial charge in [-0.2, -0.15) is 0 Å². The van der Waals surface area contributed by atoms with Crippen LogP contribution in [0.3, 0.4) is 0 Å².